The normalized spacial score (nSPS) is 10.7. The molecule has 0 saturated heterocycles. The maximum Gasteiger partial charge on any atom is 0.277 e. The van der Waals surface area contributed by atoms with Crippen LogP contribution >= 0.6 is 15.9 Å². The largest absolute Gasteiger partial charge is 0.484 e. The molecule has 0 aliphatic heterocycles. The van der Waals surface area contributed by atoms with Crippen molar-refractivity contribution in [1.82, 2.24) is 10.4 Å². The van der Waals surface area contributed by atoms with Gasteiger partial charge in [-0.15, -0.1) is 0 Å². The molecule has 20 heavy (non-hydrogen) atoms. The number of benzene rings is 1. The first-order chi connectivity index (χ1) is 9.65. The smallest absolute Gasteiger partial charge is 0.277 e. The van der Waals surface area contributed by atoms with Crippen LogP contribution in [0.5, 0.6) is 5.75 Å². The zero-order valence-corrected chi connectivity index (χ0v) is 12.5. The molecule has 0 aliphatic rings. The number of hydrogen-bond acceptors (Lipinski definition) is 3. The number of nitrogens with zero attached hydrogens (tertiary/aromatic N) is 1. The summed E-state index contributed by atoms with van der Waals surface area (Å²) in [6.45, 7) is 1.88. The van der Waals surface area contributed by atoms with Gasteiger partial charge in [-0.05, 0) is 42.8 Å². The molecule has 1 heterocycles. The third kappa shape index (κ3) is 4.24. The fourth-order valence-electron chi connectivity index (χ4n) is 1.49. The zero-order chi connectivity index (χ0) is 14.4. The molecule has 104 valence electrons. The first-order valence-corrected chi connectivity index (χ1v) is 6.78. The molecule has 0 unspecified atom stereocenters. The van der Waals surface area contributed by atoms with Crippen molar-refractivity contribution in [1.29, 1.82) is 0 Å². The highest BCUT2D eigenvalue weighted by Gasteiger charge is 2.02. The number of hydrazone groups is 1. The van der Waals surface area contributed by atoms with Gasteiger partial charge in [0.2, 0.25) is 0 Å². The van der Waals surface area contributed by atoms with E-state index in [1.807, 2.05) is 31.2 Å². The molecule has 5 nitrogen and oxygen atoms in total. The summed E-state index contributed by atoms with van der Waals surface area (Å²) in [7, 11) is 0. The van der Waals surface area contributed by atoms with E-state index in [1.54, 1.807) is 12.3 Å². The molecule has 2 N–H and O–H groups in total. The average molecular weight is 336 g/mol. The van der Waals surface area contributed by atoms with Crippen molar-refractivity contribution in [3.05, 3.63) is 52.3 Å². The van der Waals surface area contributed by atoms with Gasteiger partial charge in [0.1, 0.15) is 5.75 Å². The second kappa shape index (κ2) is 6.91. The van der Waals surface area contributed by atoms with E-state index >= 15 is 0 Å². The second-order valence-corrected chi connectivity index (χ2v) is 4.97. The minimum Gasteiger partial charge on any atom is -0.484 e. The number of aromatic amines is 1. The van der Waals surface area contributed by atoms with Crippen molar-refractivity contribution in [3.63, 3.8) is 0 Å². The Labute approximate surface area is 125 Å². The van der Waals surface area contributed by atoms with E-state index in [2.05, 4.69) is 31.4 Å². The third-order valence-corrected chi connectivity index (χ3v) is 3.40. The van der Waals surface area contributed by atoms with E-state index in [4.69, 9.17) is 4.74 Å². The van der Waals surface area contributed by atoms with Crippen molar-refractivity contribution in [2.24, 2.45) is 5.10 Å². The van der Waals surface area contributed by atoms with Gasteiger partial charge in [-0.2, -0.15) is 5.10 Å². The average Bonchev–Trinajstić information content (AvgIpc) is 2.93. The predicted molar refractivity (Wildman–Crippen MR) is 80.9 cm³/mol. The highest BCUT2D eigenvalue weighted by atomic mass is 79.9. The lowest BCUT2D eigenvalue weighted by atomic mass is 10.2. The molecule has 2 aromatic rings. The van der Waals surface area contributed by atoms with Gasteiger partial charge in [-0.3, -0.25) is 4.79 Å². The highest BCUT2D eigenvalue weighted by molar-refractivity contribution is 9.10. The molecule has 1 aromatic heterocycles. The lowest BCUT2D eigenvalue weighted by Crippen LogP contribution is -2.24. The Morgan fingerprint density at radius 3 is 3.05 bits per heavy atom. The third-order valence-electron chi connectivity index (χ3n) is 2.51. The number of aromatic nitrogens is 1. The van der Waals surface area contributed by atoms with Crippen molar-refractivity contribution in [3.8, 4) is 5.75 Å². The van der Waals surface area contributed by atoms with E-state index in [0.29, 0.717) is 5.75 Å². The number of halogens is 1. The van der Waals surface area contributed by atoms with E-state index in [0.717, 1.165) is 15.7 Å². The van der Waals surface area contributed by atoms with Crippen LogP contribution in [-0.4, -0.2) is 23.7 Å². The van der Waals surface area contributed by atoms with Gasteiger partial charge in [0.15, 0.2) is 6.61 Å². The Hall–Kier alpha value is -2.08. The molecule has 1 amide bonds. The molecule has 1 aromatic carbocycles. The van der Waals surface area contributed by atoms with Crippen LogP contribution in [0.4, 0.5) is 0 Å². The SMILES string of the molecule is Cc1cc(OCC(=O)N/N=C/c2ccc[nH]2)ccc1Br. The topological polar surface area (TPSA) is 66.5 Å². The van der Waals surface area contributed by atoms with Gasteiger partial charge in [-0.25, -0.2) is 5.43 Å². The summed E-state index contributed by atoms with van der Waals surface area (Å²) in [6.07, 6.45) is 3.31. The number of hydrogen-bond donors (Lipinski definition) is 2. The van der Waals surface area contributed by atoms with Gasteiger partial charge in [0.05, 0.1) is 11.9 Å². The fourth-order valence-corrected chi connectivity index (χ4v) is 1.73. The summed E-state index contributed by atoms with van der Waals surface area (Å²) in [6, 6.07) is 9.23. The molecule has 2 rings (SSSR count). The van der Waals surface area contributed by atoms with Crippen LogP contribution in [0.3, 0.4) is 0 Å². The zero-order valence-electron chi connectivity index (χ0n) is 10.9. The van der Waals surface area contributed by atoms with Crippen LogP contribution in [-0.2, 0) is 4.79 Å². The van der Waals surface area contributed by atoms with Crippen LogP contribution in [0, 0.1) is 6.92 Å². The lowest BCUT2D eigenvalue weighted by Gasteiger charge is -2.06. The summed E-state index contributed by atoms with van der Waals surface area (Å²) in [4.78, 5) is 14.5. The molecular formula is C14H14BrN3O2. The monoisotopic (exact) mass is 335 g/mol. The first-order valence-electron chi connectivity index (χ1n) is 5.99. The number of H-pyrrole nitrogens is 1. The number of nitrogens with one attached hydrogen (secondary N) is 2. The maximum absolute atomic E-state index is 11.5. The summed E-state index contributed by atoms with van der Waals surface area (Å²) in [5.74, 6) is 0.336. The Balaban J connectivity index is 1.78. The molecule has 0 saturated carbocycles. The summed E-state index contributed by atoms with van der Waals surface area (Å²) < 4.78 is 6.38. The summed E-state index contributed by atoms with van der Waals surface area (Å²) >= 11 is 3.41. The van der Waals surface area contributed by atoms with Crippen molar-refractivity contribution < 1.29 is 9.53 Å². The molecule has 6 heteroatoms. The lowest BCUT2D eigenvalue weighted by molar-refractivity contribution is -0.123. The van der Waals surface area contributed by atoms with E-state index in [1.165, 1.54) is 6.21 Å². The van der Waals surface area contributed by atoms with Gasteiger partial charge in [0, 0.05) is 10.7 Å². The van der Waals surface area contributed by atoms with Crippen LogP contribution in [0.15, 0.2) is 46.1 Å². The van der Waals surface area contributed by atoms with Crippen LogP contribution in [0.1, 0.15) is 11.3 Å². The molecular weight excluding hydrogens is 322 g/mol. The number of ether oxygens (including phenoxy) is 1. The molecule has 0 bridgehead atoms. The fraction of sp³-hybridized carbons (Fsp3) is 0.143. The molecule has 0 atom stereocenters. The van der Waals surface area contributed by atoms with Crippen LogP contribution in [0.25, 0.3) is 0 Å². The molecule has 0 fully saturated rings. The minimum atomic E-state index is -0.312. The summed E-state index contributed by atoms with van der Waals surface area (Å²) in [5, 5.41) is 3.81. The van der Waals surface area contributed by atoms with E-state index < -0.39 is 0 Å². The van der Waals surface area contributed by atoms with Gasteiger partial charge < -0.3 is 9.72 Å². The molecule has 0 spiro atoms. The van der Waals surface area contributed by atoms with Gasteiger partial charge in [-0.1, -0.05) is 15.9 Å². The quantitative estimate of drug-likeness (QED) is 0.651. The number of carbonyl (C=O) groups is 1. The highest BCUT2D eigenvalue weighted by Crippen LogP contribution is 2.21. The predicted octanol–water partition coefficient (Wildman–Crippen LogP) is 2.61. The Morgan fingerprint density at radius 1 is 1.50 bits per heavy atom. The number of carbonyl (C=O) groups excluding carboxylic acids is 1. The van der Waals surface area contributed by atoms with Crippen molar-refractivity contribution in [2.75, 3.05) is 6.61 Å². The number of aryl methyl sites for hydroxylation is 1. The van der Waals surface area contributed by atoms with Crippen LogP contribution in [0.2, 0.25) is 0 Å². The minimum absolute atomic E-state index is 0.0802. The number of rotatable bonds is 5. The Kier molecular flexibility index (Phi) is 4.95. The van der Waals surface area contributed by atoms with Crippen molar-refractivity contribution in [2.45, 2.75) is 6.92 Å². The van der Waals surface area contributed by atoms with E-state index in [-0.39, 0.29) is 12.5 Å². The second-order valence-electron chi connectivity index (χ2n) is 4.12. The van der Waals surface area contributed by atoms with Gasteiger partial charge >= 0.3 is 0 Å². The Bertz CT molecular complexity index is 609. The van der Waals surface area contributed by atoms with E-state index in [9.17, 15) is 4.79 Å². The molecule has 0 radical (unpaired) electrons. The van der Waals surface area contributed by atoms with Gasteiger partial charge in [0.25, 0.3) is 5.91 Å². The number of amides is 1. The molecule has 0 aliphatic carbocycles. The Morgan fingerprint density at radius 2 is 2.35 bits per heavy atom. The standard InChI is InChI=1S/C14H14BrN3O2/c1-10-7-12(4-5-13(10)15)20-9-14(19)18-17-8-11-3-2-6-16-11/h2-8,16H,9H2,1H3,(H,18,19)/b17-8+. The summed E-state index contributed by atoms with van der Waals surface area (Å²) in [5.41, 5.74) is 4.26. The maximum atomic E-state index is 11.5. The first kappa shape index (κ1) is 14.3. The van der Waals surface area contributed by atoms with Crippen molar-refractivity contribution >= 4 is 28.1 Å². The van der Waals surface area contributed by atoms with Crippen LogP contribution < -0.4 is 10.2 Å².